The summed E-state index contributed by atoms with van der Waals surface area (Å²) in [7, 11) is 1.98. The molecular formula is C12H17N3. The summed E-state index contributed by atoms with van der Waals surface area (Å²) in [5.74, 6) is 1.30. The van der Waals surface area contributed by atoms with Crippen LogP contribution in [0.25, 0.3) is 0 Å². The van der Waals surface area contributed by atoms with Gasteiger partial charge in [-0.3, -0.25) is 0 Å². The van der Waals surface area contributed by atoms with Crippen LogP contribution in [0.5, 0.6) is 0 Å². The number of nitriles is 1. The molecule has 1 atom stereocenters. The zero-order valence-corrected chi connectivity index (χ0v) is 9.73. The van der Waals surface area contributed by atoms with Crippen molar-refractivity contribution in [2.24, 2.45) is 5.92 Å². The minimum absolute atomic E-state index is 0.368. The largest absolute Gasteiger partial charge is 0.356 e. The number of anilines is 1. The van der Waals surface area contributed by atoms with Gasteiger partial charge in [-0.25, -0.2) is 4.98 Å². The van der Waals surface area contributed by atoms with Crippen molar-refractivity contribution in [2.75, 3.05) is 11.9 Å². The Morgan fingerprint density at radius 1 is 1.40 bits per heavy atom. The van der Waals surface area contributed by atoms with Gasteiger partial charge in [-0.2, -0.15) is 5.26 Å². The molecule has 1 aromatic rings. The molecule has 1 heterocycles. The summed E-state index contributed by atoms with van der Waals surface area (Å²) in [6.45, 7) is 6.47. The lowest BCUT2D eigenvalue weighted by molar-refractivity contribution is 0.502. The summed E-state index contributed by atoms with van der Waals surface area (Å²) in [6, 6.07) is 6.12. The molecule has 3 heteroatoms. The van der Waals surface area contributed by atoms with Crippen LogP contribution in [0.15, 0.2) is 18.3 Å². The Kier molecular flexibility index (Phi) is 3.68. The predicted octanol–water partition coefficient (Wildman–Crippen LogP) is 2.43. The lowest BCUT2D eigenvalue weighted by Crippen LogP contribution is -2.34. The fourth-order valence-corrected chi connectivity index (χ4v) is 1.41. The van der Waals surface area contributed by atoms with E-state index >= 15 is 0 Å². The Morgan fingerprint density at radius 2 is 2.07 bits per heavy atom. The molecule has 0 spiro atoms. The lowest BCUT2D eigenvalue weighted by Gasteiger charge is -2.29. The van der Waals surface area contributed by atoms with Gasteiger partial charge in [-0.15, -0.1) is 0 Å². The van der Waals surface area contributed by atoms with Crippen LogP contribution in [0, 0.1) is 17.2 Å². The SMILES string of the molecule is CC(C)C(C)N(C)c1ncccc1C#N. The normalized spacial score (nSPS) is 12.3. The third-order valence-electron chi connectivity index (χ3n) is 2.82. The van der Waals surface area contributed by atoms with Gasteiger partial charge >= 0.3 is 0 Å². The van der Waals surface area contributed by atoms with Crippen molar-refractivity contribution >= 4 is 5.82 Å². The van der Waals surface area contributed by atoms with E-state index in [1.807, 2.05) is 7.05 Å². The molecule has 0 N–H and O–H groups in total. The average molecular weight is 203 g/mol. The molecule has 0 saturated heterocycles. The van der Waals surface area contributed by atoms with Crippen molar-refractivity contribution in [1.29, 1.82) is 5.26 Å². The van der Waals surface area contributed by atoms with Gasteiger partial charge in [0.1, 0.15) is 11.9 Å². The van der Waals surface area contributed by atoms with E-state index in [0.717, 1.165) is 5.82 Å². The molecule has 0 amide bonds. The minimum Gasteiger partial charge on any atom is -0.356 e. The molecule has 0 saturated carbocycles. The van der Waals surface area contributed by atoms with Crippen molar-refractivity contribution in [3.63, 3.8) is 0 Å². The summed E-state index contributed by atoms with van der Waals surface area (Å²) in [5.41, 5.74) is 0.632. The van der Waals surface area contributed by atoms with E-state index in [1.165, 1.54) is 0 Å². The summed E-state index contributed by atoms with van der Waals surface area (Å²) in [6.07, 6.45) is 1.72. The Hall–Kier alpha value is -1.56. The van der Waals surface area contributed by atoms with Gasteiger partial charge in [0.25, 0.3) is 0 Å². The standard InChI is InChI=1S/C12H17N3/c1-9(2)10(3)15(4)12-11(8-13)6-5-7-14-12/h5-7,9-10H,1-4H3. The smallest absolute Gasteiger partial charge is 0.146 e. The van der Waals surface area contributed by atoms with Gasteiger partial charge in [-0.05, 0) is 25.0 Å². The second-order valence-corrected chi connectivity index (χ2v) is 4.08. The van der Waals surface area contributed by atoms with E-state index in [4.69, 9.17) is 5.26 Å². The van der Waals surface area contributed by atoms with Gasteiger partial charge in [0.05, 0.1) is 5.56 Å². The van der Waals surface area contributed by atoms with Crippen LogP contribution in [0.2, 0.25) is 0 Å². The maximum atomic E-state index is 8.97. The second-order valence-electron chi connectivity index (χ2n) is 4.08. The maximum absolute atomic E-state index is 8.97. The highest BCUT2D eigenvalue weighted by molar-refractivity contribution is 5.53. The first-order chi connectivity index (χ1) is 7.07. The van der Waals surface area contributed by atoms with Gasteiger partial charge in [-0.1, -0.05) is 13.8 Å². The van der Waals surface area contributed by atoms with Crippen LogP contribution in [0.1, 0.15) is 26.3 Å². The number of rotatable bonds is 3. The lowest BCUT2D eigenvalue weighted by atomic mass is 10.0. The molecule has 0 aliphatic heterocycles. The molecular weight excluding hydrogens is 186 g/mol. The van der Waals surface area contributed by atoms with Crippen molar-refractivity contribution < 1.29 is 0 Å². The average Bonchev–Trinajstić information content (AvgIpc) is 2.26. The van der Waals surface area contributed by atoms with E-state index in [0.29, 0.717) is 17.5 Å². The Bertz CT molecular complexity index is 365. The maximum Gasteiger partial charge on any atom is 0.146 e. The fourth-order valence-electron chi connectivity index (χ4n) is 1.41. The Morgan fingerprint density at radius 3 is 2.60 bits per heavy atom. The summed E-state index contributed by atoms with van der Waals surface area (Å²) < 4.78 is 0. The van der Waals surface area contributed by atoms with Crippen LogP contribution in [-0.2, 0) is 0 Å². The molecule has 0 aliphatic carbocycles. The van der Waals surface area contributed by atoms with Crippen LogP contribution < -0.4 is 4.90 Å². The quantitative estimate of drug-likeness (QED) is 0.757. The molecule has 1 unspecified atom stereocenters. The number of pyridine rings is 1. The first-order valence-corrected chi connectivity index (χ1v) is 5.16. The first kappa shape index (κ1) is 11.5. The third kappa shape index (κ3) is 2.47. The monoisotopic (exact) mass is 203 g/mol. The molecule has 1 rings (SSSR count). The molecule has 0 aromatic carbocycles. The highest BCUT2D eigenvalue weighted by atomic mass is 15.2. The van der Waals surface area contributed by atoms with Gasteiger partial charge in [0, 0.05) is 19.3 Å². The van der Waals surface area contributed by atoms with Crippen molar-refractivity contribution in [2.45, 2.75) is 26.8 Å². The van der Waals surface area contributed by atoms with Crippen molar-refractivity contribution in [3.8, 4) is 6.07 Å². The van der Waals surface area contributed by atoms with Crippen LogP contribution in [-0.4, -0.2) is 18.1 Å². The van der Waals surface area contributed by atoms with E-state index in [2.05, 4.69) is 36.7 Å². The molecule has 0 aliphatic rings. The Labute approximate surface area is 91.4 Å². The van der Waals surface area contributed by atoms with Gasteiger partial charge in [0.2, 0.25) is 0 Å². The van der Waals surface area contributed by atoms with Crippen LogP contribution >= 0.6 is 0 Å². The van der Waals surface area contributed by atoms with E-state index in [-0.39, 0.29) is 0 Å². The molecule has 0 bridgehead atoms. The highest BCUT2D eigenvalue weighted by Gasteiger charge is 2.16. The van der Waals surface area contributed by atoms with Gasteiger partial charge in [0.15, 0.2) is 0 Å². The topological polar surface area (TPSA) is 39.9 Å². The Balaban J connectivity index is 3.01. The van der Waals surface area contributed by atoms with E-state index in [9.17, 15) is 0 Å². The number of nitrogens with zero attached hydrogens (tertiary/aromatic N) is 3. The number of hydrogen-bond donors (Lipinski definition) is 0. The van der Waals surface area contributed by atoms with Crippen LogP contribution in [0.4, 0.5) is 5.82 Å². The highest BCUT2D eigenvalue weighted by Crippen LogP contribution is 2.19. The van der Waals surface area contributed by atoms with E-state index in [1.54, 1.807) is 18.3 Å². The predicted molar refractivity (Wildman–Crippen MR) is 61.7 cm³/mol. The molecule has 3 nitrogen and oxygen atoms in total. The van der Waals surface area contributed by atoms with Crippen molar-refractivity contribution in [3.05, 3.63) is 23.9 Å². The molecule has 0 radical (unpaired) electrons. The fraction of sp³-hybridized carbons (Fsp3) is 0.500. The third-order valence-corrected chi connectivity index (χ3v) is 2.82. The summed E-state index contributed by atoms with van der Waals surface area (Å²) in [5, 5.41) is 8.97. The molecule has 15 heavy (non-hydrogen) atoms. The summed E-state index contributed by atoms with van der Waals surface area (Å²) >= 11 is 0. The zero-order valence-electron chi connectivity index (χ0n) is 9.73. The summed E-state index contributed by atoms with van der Waals surface area (Å²) in [4.78, 5) is 6.32. The van der Waals surface area contributed by atoms with Crippen LogP contribution in [0.3, 0.4) is 0 Å². The number of hydrogen-bond acceptors (Lipinski definition) is 3. The minimum atomic E-state index is 0.368. The first-order valence-electron chi connectivity index (χ1n) is 5.16. The van der Waals surface area contributed by atoms with Crippen molar-refractivity contribution in [1.82, 2.24) is 4.98 Å². The molecule has 80 valence electrons. The second kappa shape index (κ2) is 4.79. The van der Waals surface area contributed by atoms with E-state index < -0.39 is 0 Å². The number of aromatic nitrogens is 1. The molecule has 0 fully saturated rings. The molecule has 1 aromatic heterocycles. The zero-order chi connectivity index (χ0) is 11.4. The van der Waals surface area contributed by atoms with Gasteiger partial charge < -0.3 is 4.90 Å².